The Labute approximate surface area is 131 Å². The number of ether oxygens (including phenoxy) is 3. The third-order valence-electron chi connectivity index (χ3n) is 0.895. The van der Waals surface area contributed by atoms with Gasteiger partial charge in [-0.3, -0.25) is 0 Å². The monoisotopic (exact) mass is 238 g/mol. The van der Waals surface area contributed by atoms with Crippen molar-refractivity contribution in [1.82, 2.24) is 0 Å². The summed E-state index contributed by atoms with van der Waals surface area (Å²) in [7, 11) is 0. The van der Waals surface area contributed by atoms with Gasteiger partial charge in [0.15, 0.2) is 0 Å². The van der Waals surface area contributed by atoms with Gasteiger partial charge in [0.25, 0.3) is 12.3 Å². The minimum atomic E-state index is -1.63. The Morgan fingerprint density at radius 3 is 1.40 bits per heavy atom. The van der Waals surface area contributed by atoms with Crippen LogP contribution in [0.3, 0.4) is 0 Å². The number of hydrogen-bond donors (Lipinski definition) is 0. The topological polar surface area (TPSA) is 108 Å². The van der Waals surface area contributed by atoms with E-state index >= 15 is 0 Å². The first-order valence-corrected chi connectivity index (χ1v) is 3.38. The van der Waals surface area contributed by atoms with E-state index in [2.05, 4.69) is 9.47 Å². The van der Waals surface area contributed by atoms with Gasteiger partial charge in [-0.15, -0.1) is 0 Å². The SMILES string of the molecule is O=C([O-])OCCOCCOC(=O)[O-].[Na+].[Na+]. The second kappa shape index (κ2) is 14.5. The molecule has 0 spiro atoms. The van der Waals surface area contributed by atoms with E-state index in [-0.39, 0.29) is 85.5 Å². The minimum absolute atomic E-state index is 0. The van der Waals surface area contributed by atoms with Crippen molar-refractivity contribution in [3.63, 3.8) is 0 Å². The van der Waals surface area contributed by atoms with Crippen LogP contribution in [0.5, 0.6) is 0 Å². The normalized spacial score (nSPS) is 8.00. The molecule has 0 rings (SSSR count). The summed E-state index contributed by atoms with van der Waals surface area (Å²) >= 11 is 0. The van der Waals surface area contributed by atoms with Gasteiger partial charge in [0, 0.05) is 0 Å². The van der Waals surface area contributed by atoms with Gasteiger partial charge in [0.05, 0.1) is 26.4 Å². The van der Waals surface area contributed by atoms with Gasteiger partial charge in [-0.05, 0) is 0 Å². The molecule has 0 heterocycles. The number of carbonyl (C=O) groups is 2. The van der Waals surface area contributed by atoms with Crippen molar-refractivity contribution in [1.29, 1.82) is 0 Å². The third kappa shape index (κ3) is 20.5. The van der Waals surface area contributed by atoms with Crippen LogP contribution in [0.25, 0.3) is 0 Å². The van der Waals surface area contributed by atoms with E-state index in [1.54, 1.807) is 0 Å². The Kier molecular flexibility index (Phi) is 20.2. The molecule has 0 saturated heterocycles. The molecule has 9 heteroatoms. The molecule has 0 fully saturated rings. The van der Waals surface area contributed by atoms with E-state index in [0.717, 1.165) is 0 Å². The Morgan fingerprint density at radius 1 is 0.800 bits per heavy atom. The fraction of sp³-hybridized carbons (Fsp3) is 0.667. The van der Waals surface area contributed by atoms with Crippen LogP contribution in [0, 0.1) is 0 Å². The number of hydrogen-bond acceptors (Lipinski definition) is 7. The molecular weight excluding hydrogens is 230 g/mol. The molecule has 76 valence electrons. The largest absolute Gasteiger partial charge is 1.00 e. The minimum Gasteiger partial charge on any atom is -0.547 e. The molecule has 0 aromatic carbocycles. The van der Waals surface area contributed by atoms with E-state index in [0.29, 0.717) is 0 Å². The second-order valence-electron chi connectivity index (χ2n) is 1.81. The molecule has 15 heavy (non-hydrogen) atoms. The van der Waals surface area contributed by atoms with Crippen molar-refractivity contribution in [2.75, 3.05) is 26.4 Å². The average Bonchev–Trinajstić information content (AvgIpc) is 2.01. The summed E-state index contributed by atoms with van der Waals surface area (Å²) in [6.07, 6.45) is -3.26. The maximum absolute atomic E-state index is 9.68. The molecule has 0 bridgehead atoms. The van der Waals surface area contributed by atoms with Crippen LogP contribution >= 0.6 is 0 Å². The maximum atomic E-state index is 9.68. The van der Waals surface area contributed by atoms with Gasteiger partial charge in [-0.25, -0.2) is 0 Å². The Morgan fingerprint density at radius 2 is 1.13 bits per heavy atom. The zero-order valence-corrected chi connectivity index (χ0v) is 12.7. The van der Waals surface area contributed by atoms with Crippen LogP contribution in [0.1, 0.15) is 0 Å². The molecule has 0 unspecified atom stereocenters. The van der Waals surface area contributed by atoms with Gasteiger partial charge < -0.3 is 34.0 Å². The molecule has 0 saturated carbocycles. The van der Waals surface area contributed by atoms with E-state index in [9.17, 15) is 19.8 Å². The van der Waals surface area contributed by atoms with E-state index in [4.69, 9.17) is 4.74 Å². The predicted octanol–water partition coefficient (Wildman–Crippen LogP) is -8.27. The van der Waals surface area contributed by atoms with E-state index in [1.165, 1.54) is 0 Å². The van der Waals surface area contributed by atoms with Gasteiger partial charge in [-0.2, -0.15) is 0 Å². The Balaban J connectivity index is -0.000000720. The fourth-order valence-corrected chi connectivity index (χ4v) is 0.470. The molecule has 0 aliphatic heterocycles. The standard InChI is InChI=1S/C6H10O7.2Na/c7-5(8)12-3-1-11-2-4-13-6(9)10;;/h1-4H2,(H,7,8)(H,9,10);;/q;2*+1/p-2. The Hall–Kier alpha value is 0.500. The second-order valence-corrected chi connectivity index (χ2v) is 1.81. The number of rotatable bonds is 6. The first-order valence-electron chi connectivity index (χ1n) is 3.38. The summed E-state index contributed by atoms with van der Waals surface area (Å²) in [4.78, 5) is 19.4. The molecule has 0 N–H and O–H groups in total. The number of carboxylic acid groups (broad SMARTS) is 2. The van der Waals surface area contributed by atoms with Crippen LogP contribution in [0.15, 0.2) is 0 Å². The molecule has 0 amide bonds. The van der Waals surface area contributed by atoms with Crippen molar-refractivity contribution in [2.45, 2.75) is 0 Å². The summed E-state index contributed by atoms with van der Waals surface area (Å²) in [6.45, 7) is -0.282. The van der Waals surface area contributed by atoms with Crippen molar-refractivity contribution in [3.05, 3.63) is 0 Å². The summed E-state index contributed by atoms with van der Waals surface area (Å²) < 4.78 is 12.7. The maximum Gasteiger partial charge on any atom is 1.00 e. The fourth-order valence-electron chi connectivity index (χ4n) is 0.470. The zero-order chi connectivity index (χ0) is 10.1. The molecular formula is C6H8Na2O7. The average molecular weight is 238 g/mol. The number of carbonyl (C=O) groups excluding carboxylic acids is 2. The van der Waals surface area contributed by atoms with Crippen molar-refractivity contribution >= 4 is 12.3 Å². The first kappa shape index (κ1) is 20.9. The molecule has 0 radical (unpaired) electrons. The molecule has 7 nitrogen and oxygen atoms in total. The van der Waals surface area contributed by atoms with Gasteiger partial charge in [-0.1, -0.05) is 0 Å². The summed E-state index contributed by atoms with van der Waals surface area (Å²) in [5.41, 5.74) is 0. The smallest absolute Gasteiger partial charge is 0.547 e. The van der Waals surface area contributed by atoms with Crippen LogP contribution in [0.2, 0.25) is 0 Å². The molecule has 0 aliphatic rings. The predicted molar refractivity (Wildman–Crippen MR) is 33.5 cm³/mol. The van der Waals surface area contributed by atoms with Gasteiger partial charge in [0.2, 0.25) is 0 Å². The summed E-state index contributed by atoms with van der Waals surface area (Å²) in [6, 6.07) is 0. The van der Waals surface area contributed by atoms with Crippen molar-refractivity contribution in [3.8, 4) is 0 Å². The van der Waals surface area contributed by atoms with E-state index < -0.39 is 12.3 Å². The zero-order valence-electron chi connectivity index (χ0n) is 8.69. The molecule has 0 atom stereocenters. The molecule has 0 aromatic heterocycles. The third-order valence-corrected chi connectivity index (χ3v) is 0.895. The van der Waals surface area contributed by atoms with Crippen LogP contribution in [-0.4, -0.2) is 38.7 Å². The first-order chi connectivity index (χ1) is 6.13. The summed E-state index contributed by atoms with van der Waals surface area (Å²) in [5.74, 6) is 0. The molecule has 0 aliphatic carbocycles. The van der Waals surface area contributed by atoms with Gasteiger partial charge in [0.1, 0.15) is 0 Å². The van der Waals surface area contributed by atoms with Crippen LogP contribution < -0.4 is 69.3 Å². The van der Waals surface area contributed by atoms with Crippen LogP contribution in [0.4, 0.5) is 9.59 Å². The quantitative estimate of drug-likeness (QED) is 0.257. The van der Waals surface area contributed by atoms with Crippen molar-refractivity contribution < 1.29 is 93.1 Å². The van der Waals surface area contributed by atoms with Crippen molar-refractivity contribution in [2.24, 2.45) is 0 Å². The van der Waals surface area contributed by atoms with Gasteiger partial charge >= 0.3 is 59.1 Å². The molecule has 0 aromatic rings. The van der Waals surface area contributed by atoms with E-state index in [1.807, 2.05) is 0 Å². The Bertz CT molecular complexity index is 157. The summed E-state index contributed by atoms with van der Waals surface area (Å²) in [5, 5.41) is 19.4. The van der Waals surface area contributed by atoms with Crippen LogP contribution in [-0.2, 0) is 14.2 Å².